The van der Waals surface area contributed by atoms with Crippen molar-refractivity contribution >= 4 is 5.91 Å². The van der Waals surface area contributed by atoms with Crippen LogP contribution in [0.1, 0.15) is 47.0 Å². The molecule has 3 heteroatoms. The number of nitrogens with zero attached hydrogens (tertiary/aromatic N) is 2. The summed E-state index contributed by atoms with van der Waals surface area (Å²) in [6, 6.07) is 2.08. The second-order valence-electron chi connectivity index (χ2n) is 5.69. The SMILES string of the molecule is CCC1(C)CCN(C(=O)C(C)(C)C#N)CC1. The highest BCUT2D eigenvalue weighted by atomic mass is 16.2. The van der Waals surface area contributed by atoms with Crippen molar-refractivity contribution in [2.24, 2.45) is 10.8 Å². The molecule has 0 aromatic rings. The van der Waals surface area contributed by atoms with Crippen LogP contribution in [0.2, 0.25) is 0 Å². The summed E-state index contributed by atoms with van der Waals surface area (Å²) in [5.74, 6) is -0.0202. The zero-order valence-corrected chi connectivity index (χ0v) is 10.8. The lowest BCUT2D eigenvalue weighted by Crippen LogP contribution is -2.46. The van der Waals surface area contributed by atoms with Gasteiger partial charge in [0.05, 0.1) is 6.07 Å². The molecule has 0 radical (unpaired) electrons. The summed E-state index contributed by atoms with van der Waals surface area (Å²) >= 11 is 0. The molecule has 90 valence electrons. The largest absolute Gasteiger partial charge is 0.341 e. The lowest BCUT2D eigenvalue weighted by molar-refractivity contribution is -0.139. The van der Waals surface area contributed by atoms with Gasteiger partial charge in [0.15, 0.2) is 0 Å². The summed E-state index contributed by atoms with van der Waals surface area (Å²) in [4.78, 5) is 13.9. The summed E-state index contributed by atoms with van der Waals surface area (Å²) in [5, 5.41) is 8.95. The van der Waals surface area contributed by atoms with E-state index in [4.69, 9.17) is 5.26 Å². The first kappa shape index (κ1) is 13.0. The number of rotatable bonds is 2. The predicted octanol–water partition coefficient (Wildman–Crippen LogP) is 2.57. The molecule has 1 heterocycles. The number of carbonyl (C=O) groups excluding carboxylic acids is 1. The van der Waals surface area contributed by atoms with Gasteiger partial charge in [0, 0.05) is 13.1 Å². The van der Waals surface area contributed by atoms with E-state index in [-0.39, 0.29) is 5.91 Å². The van der Waals surface area contributed by atoms with E-state index in [0.29, 0.717) is 5.41 Å². The van der Waals surface area contributed by atoms with Crippen molar-refractivity contribution in [3.8, 4) is 6.07 Å². The van der Waals surface area contributed by atoms with Crippen LogP contribution in [-0.4, -0.2) is 23.9 Å². The fraction of sp³-hybridized carbons (Fsp3) is 0.846. The maximum absolute atomic E-state index is 12.1. The highest BCUT2D eigenvalue weighted by Crippen LogP contribution is 2.35. The number of nitriles is 1. The first-order chi connectivity index (χ1) is 7.34. The average molecular weight is 222 g/mol. The molecule has 0 spiro atoms. The molecule has 16 heavy (non-hydrogen) atoms. The lowest BCUT2D eigenvalue weighted by Gasteiger charge is -2.40. The average Bonchev–Trinajstić information content (AvgIpc) is 2.29. The molecule has 0 unspecified atom stereocenters. The molecule has 0 bridgehead atoms. The highest BCUT2D eigenvalue weighted by molar-refractivity contribution is 5.84. The third-order valence-electron chi connectivity index (χ3n) is 3.93. The van der Waals surface area contributed by atoms with Crippen LogP contribution in [0.3, 0.4) is 0 Å². The molecule has 0 aromatic carbocycles. The van der Waals surface area contributed by atoms with Crippen LogP contribution in [0, 0.1) is 22.2 Å². The van der Waals surface area contributed by atoms with Crippen LogP contribution in [0.25, 0.3) is 0 Å². The van der Waals surface area contributed by atoms with Gasteiger partial charge >= 0.3 is 0 Å². The standard InChI is InChI=1S/C13H22N2O/c1-5-13(4)6-8-15(9-7-13)11(16)12(2,3)10-14/h5-9H2,1-4H3. The van der Waals surface area contributed by atoms with Gasteiger partial charge in [-0.15, -0.1) is 0 Å². The van der Waals surface area contributed by atoms with Crippen LogP contribution in [0.4, 0.5) is 0 Å². The van der Waals surface area contributed by atoms with Crippen LogP contribution in [0.15, 0.2) is 0 Å². The summed E-state index contributed by atoms with van der Waals surface area (Å²) < 4.78 is 0. The van der Waals surface area contributed by atoms with Gasteiger partial charge < -0.3 is 4.90 Å². The third kappa shape index (κ3) is 2.55. The number of hydrogen-bond acceptors (Lipinski definition) is 2. The monoisotopic (exact) mass is 222 g/mol. The third-order valence-corrected chi connectivity index (χ3v) is 3.93. The quantitative estimate of drug-likeness (QED) is 0.720. The molecule has 0 aromatic heterocycles. The second-order valence-corrected chi connectivity index (χ2v) is 5.69. The molecule has 1 aliphatic rings. The minimum Gasteiger partial charge on any atom is -0.341 e. The minimum atomic E-state index is -0.875. The first-order valence-electron chi connectivity index (χ1n) is 6.05. The van der Waals surface area contributed by atoms with E-state index in [2.05, 4.69) is 19.9 Å². The van der Waals surface area contributed by atoms with Crippen molar-refractivity contribution < 1.29 is 4.79 Å². The molecule has 0 saturated carbocycles. The minimum absolute atomic E-state index is 0.0202. The van der Waals surface area contributed by atoms with Gasteiger partial charge in [-0.3, -0.25) is 4.79 Å². The fourth-order valence-electron chi connectivity index (χ4n) is 2.05. The zero-order chi connectivity index (χ0) is 12.4. The molecular weight excluding hydrogens is 200 g/mol. The van der Waals surface area contributed by atoms with Gasteiger partial charge in [-0.1, -0.05) is 20.3 Å². The molecule has 1 rings (SSSR count). The van der Waals surface area contributed by atoms with E-state index < -0.39 is 5.41 Å². The molecule has 1 saturated heterocycles. The van der Waals surface area contributed by atoms with Crippen molar-refractivity contribution in [3.05, 3.63) is 0 Å². The maximum Gasteiger partial charge on any atom is 0.242 e. The zero-order valence-electron chi connectivity index (χ0n) is 10.8. The Bertz CT molecular complexity index is 306. The smallest absolute Gasteiger partial charge is 0.242 e. The molecule has 0 N–H and O–H groups in total. The molecule has 1 fully saturated rings. The predicted molar refractivity (Wildman–Crippen MR) is 63.6 cm³/mol. The summed E-state index contributed by atoms with van der Waals surface area (Å²) in [6.45, 7) is 9.48. The van der Waals surface area contributed by atoms with E-state index in [1.54, 1.807) is 13.8 Å². The number of carbonyl (C=O) groups is 1. The van der Waals surface area contributed by atoms with Crippen LogP contribution < -0.4 is 0 Å². The number of likely N-dealkylation sites (tertiary alicyclic amines) is 1. The van der Waals surface area contributed by atoms with Gasteiger partial charge in [-0.2, -0.15) is 5.26 Å². The Hall–Kier alpha value is -1.04. The Kier molecular flexibility index (Phi) is 3.62. The van der Waals surface area contributed by atoms with E-state index >= 15 is 0 Å². The molecule has 1 aliphatic heterocycles. The van der Waals surface area contributed by atoms with Gasteiger partial charge in [-0.25, -0.2) is 0 Å². The maximum atomic E-state index is 12.1. The summed E-state index contributed by atoms with van der Waals surface area (Å²) in [5.41, 5.74) is -0.493. The van der Waals surface area contributed by atoms with Crippen molar-refractivity contribution in [1.82, 2.24) is 4.90 Å². The van der Waals surface area contributed by atoms with Crippen LogP contribution in [0.5, 0.6) is 0 Å². The number of amides is 1. The van der Waals surface area contributed by atoms with Crippen molar-refractivity contribution in [2.75, 3.05) is 13.1 Å². The van der Waals surface area contributed by atoms with Crippen LogP contribution in [-0.2, 0) is 4.79 Å². The number of hydrogen-bond donors (Lipinski definition) is 0. The van der Waals surface area contributed by atoms with Gasteiger partial charge in [0.25, 0.3) is 0 Å². The van der Waals surface area contributed by atoms with Crippen molar-refractivity contribution in [3.63, 3.8) is 0 Å². The molecular formula is C13H22N2O. The van der Waals surface area contributed by atoms with E-state index in [9.17, 15) is 4.79 Å². The summed E-state index contributed by atoms with van der Waals surface area (Å²) in [6.07, 6.45) is 3.27. The lowest BCUT2D eigenvalue weighted by atomic mass is 9.77. The normalized spacial score (nSPS) is 20.3. The van der Waals surface area contributed by atoms with Gasteiger partial charge in [0.1, 0.15) is 5.41 Å². The van der Waals surface area contributed by atoms with Crippen molar-refractivity contribution in [2.45, 2.75) is 47.0 Å². The van der Waals surface area contributed by atoms with Crippen molar-refractivity contribution in [1.29, 1.82) is 5.26 Å². The Balaban J connectivity index is 2.62. The highest BCUT2D eigenvalue weighted by Gasteiger charge is 2.36. The molecule has 1 amide bonds. The Morgan fingerprint density at radius 2 is 1.94 bits per heavy atom. The van der Waals surface area contributed by atoms with Crippen LogP contribution >= 0.6 is 0 Å². The second kappa shape index (κ2) is 4.45. The summed E-state index contributed by atoms with van der Waals surface area (Å²) in [7, 11) is 0. The molecule has 3 nitrogen and oxygen atoms in total. The first-order valence-corrected chi connectivity index (χ1v) is 6.05. The van der Waals surface area contributed by atoms with E-state index in [1.807, 2.05) is 4.90 Å². The Morgan fingerprint density at radius 3 is 2.31 bits per heavy atom. The van der Waals surface area contributed by atoms with Gasteiger partial charge in [-0.05, 0) is 32.1 Å². The van der Waals surface area contributed by atoms with E-state index in [0.717, 1.165) is 32.4 Å². The Labute approximate surface area is 98.4 Å². The number of piperidine rings is 1. The van der Waals surface area contributed by atoms with Gasteiger partial charge in [0.2, 0.25) is 5.91 Å². The topological polar surface area (TPSA) is 44.1 Å². The Morgan fingerprint density at radius 1 is 1.44 bits per heavy atom. The molecule has 0 atom stereocenters. The van der Waals surface area contributed by atoms with E-state index in [1.165, 1.54) is 0 Å². The molecule has 0 aliphatic carbocycles. The fourth-order valence-corrected chi connectivity index (χ4v) is 2.05.